The number of nitrogens with zero attached hydrogens (tertiary/aromatic N) is 1. The molecule has 1 fully saturated rings. The standard InChI is InChI=1S/C18H22F2N2O/c1-3-9-22-10-7-13(8-11-22)18(23)21-17(4-2)15-12-14(19)5-6-16(15)20/h1,5-6,12-13,17H,4,7-11H2,2H3,(H,21,23). The molecule has 2 rings (SSSR count). The van der Waals surface area contributed by atoms with Gasteiger partial charge in [-0.1, -0.05) is 12.8 Å². The van der Waals surface area contributed by atoms with Crippen molar-refractivity contribution in [2.75, 3.05) is 19.6 Å². The maximum atomic E-state index is 13.9. The van der Waals surface area contributed by atoms with Gasteiger partial charge in [-0.25, -0.2) is 8.78 Å². The van der Waals surface area contributed by atoms with Crippen molar-refractivity contribution >= 4 is 5.91 Å². The van der Waals surface area contributed by atoms with Crippen LogP contribution in [0.25, 0.3) is 0 Å². The van der Waals surface area contributed by atoms with Gasteiger partial charge in [0.1, 0.15) is 11.6 Å². The van der Waals surface area contributed by atoms with Crippen molar-refractivity contribution in [1.82, 2.24) is 10.2 Å². The molecule has 1 aliphatic rings. The van der Waals surface area contributed by atoms with Crippen LogP contribution < -0.4 is 5.32 Å². The Morgan fingerprint density at radius 1 is 1.43 bits per heavy atom. The molecule has 0 saturated carbocycles. The molecule has 0 radical (unpaired) electrons. The smallest absolute Gasteiger partial charge is 0.223 e. The van der Waals surface area contributed by atoms with Crippen molar-refractivity contribution in [3.8, 4) is 12.3 Å². The highest BCUT2D eigenvalue weighted by Crippen LogP contribution is 2.23. The molecule has 1 saturated heterocycles. The van der Waals surface area contributed by atoms with Crippen molar-refractivity contribution in [2.24, 2.45) is 5.92 Å². The van der Waals surface area contributed by atoms with Gasteiger partial charge in [0.15, 0.2) is 0 Å². The summed E-state index contributed by atoms with van der Waals surface area (Å²) in [5.74, 6) is 1.40. The normalized spacial score (nSPS) is 17.5. The quantitative estimate of drug-likeness (QED) is 0.846. The Hall–Kier alpha value is -1.93. The summed E-state index contributed by atoms with van der Waals surface area (Å²) in [6.07, 6.45) is 7.26. The number of terminal acetylenes is 1. The zero-order valence-corrected chi connectivity index (χ0v) is 13.3. The number of piperidine rings is 1. The zero-order chi connectivity index (χ0) is 16.8. The fourth-order valence-corrected chi connectivity index (χ4v) is 2.95. The molecule has 1 unspecified atom stereocenters. The molecular weight excluding hydrogens is 298 g/mol. The van der Waals surface area contributed by atoms with Gasteiger partial charge in [0.25, 0.3) is 0 Å². The first-order chi connectivity index (χ1) is 11.0. The third-order valence-corrected chi connectivity index (χ3v) is 4.33. The van der Waals surface area contributed by atoms with E-state index >= 15 is 0 Å². The molecule has 1 aromatic rings. The molecule has 1 amide bonds. The third kappa shape index (κ3) is 4.52. The van der Waals surface area contributed by atoms with Gasteiger partial charge in [-0.2, -0.15) is 0 Å². The van der Waals surface area contributed by atoms with Crippen LogP contribution in [0, 0.1) is 29.9 Å². The van der Waals surface area contributed by atoms with Crippen LogP contribution in [0.15, 0.2) is 18.2 Å². The van der Waals surface area contributed by atoms with E-state index in [0.29, 0.717) is 13.0 Å². The summed E-state index contributed by atoms with van der Waals surface area (Å²) in [7, 11) is 0. The van der Waals surface area contributed by atoms with E-state index in [0.717, 1.165) is 44.1 Å². The second kappa shape index (κ2) is 8.07. The lowest BCUT2D eigenvalue weighted by atomic mass is 9.94. The molecule has 1 atom stereocenters. The van der Waals surface area contributed by atoms with Crippen molar-refractivity contribution in [3.05, 3.63) is 35.4 Å². The van der Waals surface area contributed by atoms with Crippen LogP contribution in [0.3, 0.4) is 0 Å². The minimum absolute atomic E-state index is 0.0964. The van der Waals surface area contributed by atoms with E-state index in [2.05, 4.69) is 16.1 Å². The highest BCUT2D eigenvalue weighted by Gasteiger charge is 2.27. The Labute approximate surface area is 136 Å². The van der Waals surface area contributed by atoms with Gasteiger partial charge in [-0.3, -0.25) is 9.69 Å². The van der Waals surface area contributed by atoms with Gasteiger partial charge in [-0.05, 0) is 50.6 Å². The van der Waals surface area contributed by atoms with E-state index in [9.17, 15) is 13.6 Å². The van der Waals surface area contributed by atoms with Crippen LogP contribution in [0.4, 0.5) is 8.78 Å². The van der Waals surface area contributed by atoms with E-state index in [1.807, 2.05) is 6.92 Å². The fraction of sp³-hybridized carbons (Fsp3) is 0.500. The largest absolute Gasteiger partial charge is 0.349 e. The van der Waals surface area contributed by atoms with Crippen molar-refractivity contribution in [2.45, 2.75) is 32.2 Å². The summed E-state index contributed by atoms with van der Waals surface area (Å²) in [6, 6.07) is 2.81. The predicted octanol–water partition coefficient (Wildman–Crippen LogP) is 2.88. The molecule has 5 heteroatoms. The van der Waals surface area contributed by atoms with Crippen molar-refractivity contribution in [3.63, 3.8) is 0 Å². The first-order valence-electron chi connectivity index (χ1n) is 7.96. The summed E-state index contributed by atoms with van der Waals surface area (Å²) >= 11 is 0. The van der Waals surface area contributed by atoms with Crippen LogP contribution >= 0.6 is 0 Å². The Balaban J connectivity index is 1.98. The first kappa shape index (κ1) is 17.4. The van der Waals surface area contributed by atoms with Crippen LogP contribution in [0.2, 0.25) is 0 Å². The number of hydrogen-bond acceptors (Lipinski definition) is 2. The predicted molar refractivity (Wildman–Crippen MR) is 85.5 cm³/mol. The van der Waals surface area contributed by atoms with Crippen molar-refractivity contribution in [1.29, 1.82) is 0 Å². The maximum absolute atomic E-state index is 13.9. The number of nitrogens with one attached hydrogen (secondary N) is 1. The molecule has 23 heavy (non-hydrogen) atoms. The summed E-state index contributed by atoms with van der Waals surface area (Å²) in [5, 5.41) is 2.86. The van der Waals surface area contributed by atoms with Gasteiger partial charge in [0.05, 0.1) is 12.6 Å². The topological polar surface area (TPSA) is 32.3 Å². The molecule has 0 aliphatic carbocycles. The van der Waals surface area contributed by atoms with Gasteiger partial charge in [0, 0.05) is 11.5 Å². The molecule has 0 spiro atoms. The number of amides is 1. The molecule has 0 aromatic heterocycles. The van der Waals surface area contributed by atoms with Crippen LogP contribution in [0.5, 0.6) is 0 Å². The third-order valence-electron chi connectivity index (χ3n) is 4.33. The van der Waals surface area contributed by atoms with Crippen LogP contribution in [-0.4, -0.2) is 30.4 Å². The summed E-state index contributed by atoms with van der Waals surface area (Å²) in [4.78, 5) is 14.5. The summed E-state index contributed by atoms with van der Waals surface area (Å²) < 4.78 is 27.2. The Kier molecular flexibility index (Phi) is 6.12. The number of hydrogen-bond donors (Lipinski definition) is 1. The highest BCUT2D eigenvalue weighted by atomic mass is 19.1. The Morgan fingerprint density at radius 2 is 2.13 bits per heavy atom. The molecule has 1 aliphatic heterocycles. The van der Waals surface area contributed by atoms with Crippen LogP contribution in [0.1, 0.15) is 37.8 Å². The monoisotopic (exact) mass is 320 g/mol. The van der Waals surface area contributed by atoms with E-state index < -0.39 is 17.7 Å². The van der Waals surface area contributed by atoms with Gasteiger partial charge in [0.2, 0.25) is 5.91 Å². The second-order valence-electron chi connectivity index (χ2n) is 5.89. The number of carbonyl (C=O) groups excluding carboxylic acids is 1. The lowest BCUT2D eigenvalue weighted by Crippen LogP contribution is -2.41. The lowest BCUT2D eigenvalue weighted by Gasteiger charge is -2.31. The molecule has 124 valence electrons. The van der Waals surface area contributed by atoms with Gasteiger partial charge >= 0.3 is 0 Å². The van der Waals surface area contributed by atoms with Crippen LogP contribution in [-0.2, 0) is 4.79 Å². The maximum Gasteiger partial charge on any atom is 0.223 e. The van der Waals surface area contributed by atoms with Gasteiger partial charge in [-0.15, -0.1) is 6.42 Å². The van der Waals surface area contributed by atoms with E-state index in [4.69, 9.17) is 6.42 Å². The molecular formula is C18H22F2N2O. The summed E-state index contributed by atoms with van der Waals surface area (Å²) in [6.45, 7) is 4.01. The minimum atomic E-state index is -0.512. The number of benzene rings is 1. The average Bonchev–Trinajstić information content (AvgIpc) is 2.56. The highest BCUT2D eigenvalue weighted by molar-refractivity contribution is 5.79. The Morgan fingerprint density at radius 3 is 2.74 bits per heavy atom. The average molecular weight is 320 g/mol. The number of carbonyl (C=O) groups is 1. The van der Waals surface area contributed by atoms with Gasteiger partial charge < -0.3 is 5.32 Å². The lowest BCUT2D eigenvalue weighted by molar-refractivity contribution is -0.127. The molecule has 1 heterocycles. The molecule has 1 N–H and O–H groups in total. The number of likely N-dealkylation sites (tertiary alicyclic amines) is 1. The van der Waals surface area contributed by atoms with E-state index in [1.165, 1.54) is 0 Å². The molecule has 1 aromatic carbocycles. The molecule has 3 nitrogen and oxygen atoms in total. The number of halogens is 2. The zero-order valence-electron chi connectivity index (χ0n) is 13.3. The number of rotatable bonds is 5. The van der Waals surface area contributed by atoms with E-state index in [1.54, 1.807) is 0 Å². The first-order valence-corrected chi connectivity index (χ1v) is 7.96. The molecule has 0 bridgehead atoms. The second-order valence-corrected chi connectivity index (χ2v) is 5.89. The SMILES string of the molecule is C#CCN1CCC(C(=O)NC(CC)c2cc(F)ccc2F)CC1. The Bertz CT molecular complexity index is 589. The summed E-state index contributed by atoms with van der Waals surface area (Å²) in [5.41, 5.74) is 0.200. The van der Waals surface area contributed by atoms with Crippen molar-refractivity contribution < 1.29 is 13.6 Å². The fourth-order valence-electron chi connectivity index (χ4n) is 2.95. The van der Waals surface area contributed by atoms with E-state index in [-0.39, 0.29) is 17.4 Å². The minimum Gasteiger partial charge on any atom is -0.349 e.